The fourth-order valence-corrected chi connectivity index (χ4v) is 3.88. The Morgan fingerprint density at radius 3 is 2.72 bits per heavy atom. The zero-order valence-corrected chi connectivity index (χ0v) is 17.8. The maximum atomic E-state index is 12.5. The predicted molar refractivity (Wildman–Crippen MR) is 113 cm³/mol. The molecule has 1 aliphatic heterocycles. The third-order valence-electron chi connectivity index (χ3n) is 5.74. The van der Waals surface area contributed by atoms with E-state index in [9.17, 15) is 4.79 Å². The highest BCUT2D eigenvalue weighted by atomic mass is 16.1. The molecule has 1 unspecified atom stereocenters. The second-order valence-electron chi connectivity index (χ2n) is 8.20. The van der Waals surface area contributed by atoms with Crippen LogP contribution in [0.5, 0.6) is 0 Å². The smallest absolute Gasteiger partial charge is 0.220 e. The Bertz CT molecular complexity index is 739. The van der Waals surface area contributed by atoms with Crippen molar-refractivity contribution >= 4 is 5.91 Å². The number of piperidine rings is 1. The summed E-state index contributed by atoms with van der Waals surface area (Å²) in [6, 6.07) is 10.3. The average Bonchev–Trinajstić information content (AvgIpc) is 3.17. The lowest BCUT2D eigenvalue weighted by atomic mass is 9.99. The van der Waals surface area contributed by atoms with Crippen molar-refractivity contribution in [2.24, 2.45) is 5.92 Å². The van der Waals surface area contributed by atoms with Crippen LogP contribution in [0.2, 0.25) is 0 Å². The molecule has 1 fully saturated rings. The molecule has 2 heterocycles. The first-order valence-electron chi connectivity index (χ1n) is 11.0. The van der Waals surface area contributed by atoms with Gasteiger partial charge in [-0.1, -0.05) is 50.6 Å². The summed E-state index contributed by atoms with van der Waals surface area (Å²) in [6.07, 6.45) is 5.66. The molecular weight excluding hydrogens is 364 g/mol. The Morgan fingerprint density at radius 1 is 1.24 bits per heavy atom. The lowest BCUT2D eigenvalue weighted by molar-refractivity contribution is -0.122. The van der Waals surface area contributed by atoms with Crippen molar-refractivity contribution < 1.29 is 4.79 Å². The second kappa shape index (κ2) is 11.0. The van der Waals surface area contributed by atoms with Gasteiger partial charge >= 0.3 is 0 Å². The van der Waals surface area contributed by atoms with E-state index >= 15 is 0 Å². The normalized spacial score (nSPS) is 16.6. The van der Waals surface area contributed by atoms with Crippen molar-refractivity contribution in [1.29, 1.82) is 0 Å². The molecule has 0 radical (unpaired) electrons. The fourth-order valence-electron chi connectivity index (χ4n) is 3.88. The Balaban J connectivity index is 1.45. The molecule has 1 aromatic heterocycles. The molecule has 1 atom stereocenters. The van der Waals surface area contributed by atoms with E-state index in [4.69, 9.17) is 0 Å². The Hall–Kier alpha value is -2.28. The van der Waals surface area contributed by atoms with E-state index < -0.39 is 0 Å². The van der Waals surface area contributed by atoms with Crippen LogP contribution in [0.15, 0.2) is 30.3 Å². The van der Waals surface area contributed by atoms with Crippen LogP contribution in [0.25, 0.3) is 0 Å². The van der Waals surface area contributed by atoms with Crippen molar-refractivity contribution in [2.45, 2.75) is 71.5 Å². The van der Waals surface area contributed by atoms with Gasteiger partial charge in [0.05, 0.1) is 12.6 Å². The number of hydrogen-bond acceptors (Lipinski definition) is 5. The van der Waals surface area contributed by atoms with E-state index in [-0.39, 0.29) is 11.9 Å². The van der Waals surface area contributed by atoms with Gasteiger partial charge in [-0.05, 0) is 60.7 Å². The molecule has 2 aromatic rings. The predicted octanol–water partition coefficient (Wildman–Crippen LogP) is 3.34. The Labute approximate surface area is 173 Å². The average molecular weight is 399 g/mol. The van der Waals surface area contributed by atoms with Gasteiger partial charge in [-0.25, -0.2) is 4.68 Å². The van der Waals surface area contributed by atoms with Crippen molar-refractivity contribution in [1.82, 2.24) is 30.4 Å². The number of carbonyl (C=O) groups excluding carboxylic acids is 1. The van der Waals surface area contributed by atoms with Gasteiger partial charge < -0.3 is 5.32 Å². The summed E-state index contributed by atoms with van der Waals surface area (Å²) in [4.78, 5) is 14.9. The lowest BCUT2D eigenvalue weighted by Crippen LogP contribution is -2.33. The van der Waals surface area contributed by atoms with Crippen LogP contribution < -0.4 is 5.32 Å². The highest BCUT2D eigenvalue weighted by molar-refractivity contribution is 5.76. The summed E-state index contributed by atoms with van der Waals surface area (Å²) >= 11 is 0. The minimum Gasteiger partial charge on any atom is -0.349 e. The number of hydrogen-bond donors (Lipinski definition) is 1. The molecule has 0 bridgehead atoms. The molecule has 1 aliphatic rings. The van der Waals surface area contributed by atoms with Gasteiger partial charge in [-0.2, -0.15) is 0 Å². The lowest BCUT2D eigenvalue weighted by Gasteiger charge is -2.29. The van der Waals surface area contributed by atoms with Crippen molar-refractivity contribution in [3.05, 3.63) is 41.7 Å². The number of nitrogens with zero attached hydrogens (tertiary/aromatic N) is 5. The molecule has 1 amide bonds. The molecule has 158 valence electrons. The Kier molecular flexibility index (Phi) is 8.16. The number of amides is 1. The molecule has 7 nitrogen and oxygen atoms in total. The van der Waals surface area contributed by atoms with Crippen LogP contribution in [-0.2, 0) is 17.9 Å². The maximum absolute atomic E-state index is 12.5. The minimum absolute atomic E-state index is 0.0822. The number of likely N-dealkylation sites (tertiary alicyclic amines) is 1. The molecule has 7 heteroatoms. The topological polar surface area (TPSA) is 75.9 Å². The number of rotatable bonds is 10. The zero-order chi connectivity index (χ0) is 20.5. The third kappa shape index (κ3) is 6.63. The van der Waals surface area contributed by atoms with E-state index in [1.807, 2.05) is 22.9 Å². The summed E-state index contributed by atoms with van der Waals surface area (Å²) < 4.78 is 1.85. The minimum atomic E-state index is 0.0822. The largest absolute Gasteiger partial charge is 0.349 e. The summed E-state index contributed by atoms with van der Waals surface area (Å²) in [5.74, 6) is 1.80. The molecular formula is C22H34N6O. The SMILES string of the molecule is CCCC(NC(=O)CCCn1nnnc1CN1CCC(C)CC1)c1ccccc1. The van der Waals surface area contributed by atoms with E-state index in [0.717, 1.165) is 50.6 Å². The van der Waals surface area contributed by atoms with Crippen LogP contribution in [-0.4, -0.2) is 44.1 Å². The summed E-state index contributed by atoms with van der Waals surface area (Å²) in [5.41, 5.74) is 1.17. The van der Waals surface area contributed by atoms with Gasteiger partial charge in [-0.15, -0.1) is 5.10 Å². The Morgan fingerprint density at radius 2 is 2.00 bits per heavy atom. The molecule has 0 aliphatic carbocycles. The molecule has 0 saturated carbocycles. The van der Waals surface area contributed by atoms with Gasteiger partial charge in [0, 0.05) is 13.0 Å². The standard InChI is InChI=1S/C22H34N6O/c1-3-8-20(19-9-5-4-6-10-19)23-22(29)11-7-14-28-21(24-25-26-28)17-27-15-12-18(2)13-16-27/h4-6,9-10,18,20H,3,7-8,11-17H2,1-2H3,(H,23,29). The van der Waals surface area contributed by atoms with E-state index in [1.54, 1.807) is 0 Å². The van der Waals surface area contributed by atoms with E-state index in [2.05, 4.69) is 51.7 Å². The zero-order valence-electron chi connectivity index (χ0n) is 17.8. The van der Waals surface area contributed by atoms with Crippen LogP contribution in [0.3, 0.4) is 0 Å². The number of benzene rings is 1. The number of carbonyl (C=O) groups is 1. The quantitative estimate of drug-likeness (QED) is 0.664. The van der Waals surface area contributed by atoms with Gasteiger partial charge in [0.2, 0.25) is 5.91 Å². The highest BCUT2D eigenvalue weighted by Crippen LogP contribution is 2.19. The molecule has 29 heavy (non-hydrogen) atoms. The third-order valence-corrected chi connectivity index (χ3v) is 5.74. The molecule has 0 spiro atoms. The fraction of sp³-hybridized carbons (Fsp3) is 0.636. The van der Waals surface area contributed by atoms with Crippen LogP contribution in [0, 0.1) is 5.92 Å². The number of tetrazole rings is 1. The number of nitrogens with one attached hydrogen (secondary N) is 1. The molecule has 1 aromatic carbocycles. The van der Waals surface area contributed by atoms with Gasteiger partial charge in [0.15, 0.2) is 5.82 Å². The summed E-state index contributed by atoms with van der Waals surface area (Å²) in [7, 11) is 0. The monoisotopic (exact) mass is 398 g/mol. The summed E-state index contributed by atoms with van der Waals surface area (Å²) in [5, 5.41) is 15.4. The first-order valence-corrected chi connectivity index (χ1v) is 11.0. The van der Waals surface area contributed by atoms with E-state index in [1.165, 1.54) is 18.4 Å². The van der Waals surface area contributed by atoms with Gasteiger partial charge in [0.1, 0.15) is 0 Å². The summed E-state index contributed by atoms with van der Waals surface area (Å²) in [6.45, 7) is 8.13. The first kappa shape index (κ1) is 21.4. The van der Waals surface area contributed by atoms with Crippen LogP contribution in [0.1, 0.15) is 69.8 Å². The first-order chi connectivity index (χ1) is 14.2. The van der Waals surface area contributed by atoms with Gasteiger partial charge in [-0.3, -0.25) is 9.69 Å². The van der Waals surface area contributed by atoms with Crippen molar-refractivity contribution in [3.63, 3.8) is 0 Å². The van der Waals surface area contributed by atoms with Crippen molar-refractivity contribution in [2.75, 3.05) is 13.1 Å². The van der Waals surface area contributed by atoms with E-state index in [0.29, 0.717) is 13.0 Å². The molecule has 1 N–H and O–H groups in total. The highest BCUT2D eigenvalue weighted by Gasteiger charge is 2.19. The van der Waals surface area contributed by atoms with Crippen LogP contribution >= 0.6 is 0 Å². The van der Waals surface area contributed by atoms with Gasteiger partial charge in [0.25, 0.3) is 0 Å². The van der Waals surface area contributed by atoms with Crippen molar-refractivity contribution in [3.8, 4) is 0 Å². The molecule has 3 rings (SSSR count). The number of aromatic nitrogens is 4. The number of aryl methyl sites for hydroxylation is 1. The second-order valence-corrected chi connectivity index (χ2v) is 8.20. The molecule has 1 saturated heterocycles. The van der Waals surface area contributed by atoms with Crippen LogP contribution in [0.4, 0.5) is 0 Å². The maximum Gasteiger partial charge on any atom is 0.220 e.